The number of nitrogens with zero attached hydrogens (tertiary/aromatic N) is 4. The van der Waals surface area contributed by atoms with E-state index in [0.29, 0.717) is 28.5 Å². The van der Waals surface area contributed by atoms with Gasteiger partial charge in [-0.2, -0.15) is 0 Å². The van der Waals surface area contributed by atoms with Crippen LogP contribution < -0.4 is 0 Å². The molecule has 2 heterocycles. The van der Waals surface area contributed by atoms with E-state index in [0.717, 1.165) is 126 Å². The monoisotopic (exact) mass is 986 g/mol. The first-order valence-electron chi connectivity index (χ1n) is 25.7. The first-order chi connectivity index (χ1) is 35.8. The summed E-state index contributed by atoms with van der Waals surface area (Å²) in [5.41, 5.74) is 12.4. The maximum atomic E-state index is 14.9. The zero-order valence-electron chi connectivity index (χ0n) is 43.5. The standard InChI is InChI=1S/C63H62N4O7/c1-9-12-17-43(10-2)37-66-56-29-25-46(35-52(56)53-36-54(48-18-13-14-20-50(48)62(53)66)63(71)60-39(5)32-38(4)33-40(60)6)61(65-74-42(8)69)44-22-26-47(27-23-44)67-57-21-16-15-19-49(57)51-34-45(24-30-58(51)67)55(64-73-41(7)68)28-31-59(70)72-11-3/h13-16,18-27,29-30,32-36,43H,9-12,17,28,31,37H2,1-8H3. The first-order valence-corrected chi connectivity index (χ1v) is 25.7. The molecule has 0 N–H and O–H groups in total. The van der Waals surface area contributed by atoms with Crippen molar-refractivity contribution in [3.8, 4) is 5.69 Å². The summed E-state index contributed by atoms with van der Waals surface area (Å²) in [7, 11) is 0. The van der Waals surface area contributed by atoms with Crippen LogP contribution >= 0.6 is 0 Å². The topological polar surface area (TPSA) is 131 Å². The summed E-state index contributed by atoms with van der Waals surface area (Å²) < 4.78 is 9.80. The number of unbranched alkanes of at least 4 members (excludes halogenated alkanes) is 1. The Hall–Kier alpha value is -8.18. The highest BCUT2D eigenvalue weighted by Gasteiger charge is 2.25. The summed E-state index contributed by atoms with van der Waals surface area (Å²) in [6, 6.07) is 42.9. The van der Waals surface area contributed by atoms with Gasteiger partial charge in [-0.15, -0.1) is 0 Å². The third-order valence-corrected chi connectivity index (χ3v) is 14.1. The number of hydrogen-bond donors (Lipinski definition) is 0. The summed E-state index contributed by atoms with van der Waals surface area (Å²) in [6.07, 6.45) is 4.72. The minimum absolute atomic E-state index is 0.00526. The van der Waals surface area contributed by atoms with Crippen molar-refractivity contribution in [3.63, 3.8) is 0 Å². The number of rotatable bonds is 18. The Morgan fingerprint density at radius 2 is 1.20 bits per heavy atom. The maximum Gasteiger partial charge on any atom is 0.332 e. The SMILES string of the molecule is CCCCC(CC)Cn1c2ccc(C(=NOC(C)=O)c3ccc(-n4c5ccccc5c5cc(C(CCC(=O)OCC)=NOC(C)=O)ccc54)cc3)cc2c2cc(C(=O)c3c(C)cc(C)cc3C)c3ccccc3c21. The molecule has 11 heteroatoms. The van der Waals surface area contributed by atoms with Gasteiger partial charge in [0, 0.05) is 92.8 Å². The van der Waals surface area contributed by atoms with E-state index in [2.05, 4.69) is 101 Å². The largest absolute Gasteiger partial charge is 0.466 e. The Labute approximate surface area is 431 Å². The molecule has 0 saturated carbocycles. The molecule has 0 saturated heterocycles. The van der Waals surface area contributed by atoms with E-state index < -0.39 is 11.9 Å². The van der Waals surface area contributed by atoms with Crippen molar-refractivity contribution in [1.29, 1.82) is 0 Å². The molecule has 9 aromatic rings. The molecular formula is C63H62N4O7. The van der Waals surface area contributed by atoms with Crippen LogP contribution in [0.15, 0.2) is 138 Å². The lowest BCUT2D eigenvalue weighted by Crippen LogP contribution is -2.11. The molecule has 1 atom stereocenters. The number of ketones is 1. The zero-order chi connectivity index (χ0) is 52.2. The highest BCUT2D eigenvalue weighted by Crippen LogP contribution is 2.40. The fraction of sp³-hybridized carbons (Fsp3) is 0.270. The van der Waals surface area contributed by atoms with Crippen LogP contribution in [0.1, 0.15) is 122 Å². The number of ether oxygens (including phenoxy) is 1. The van der Waals surface area contributed by atoms with Gasteiger partial charge in [-0.25, -0.2) is 9.59 Å². The number of benzene rings is 7. The van der Waals surface area contributed by atoms with Crippen LogP contribution in [-0.2, 0) is 35.3 Å². The average molecular weight is 987 g/mol. The van der Waals surface area contributed by atoms with Gasteiger partial charge in [0.1, 0.15) is 5.71 Å². The quantitative estimate of drug-likeness (QED) is 0.0275. The molecule has 0 aliphatic rings. The molecule has 0 aliphatic heterocycles. The molecule has 0 spiro atoms. The third-order valence-electron chi connectivity index (χ3n) is 14.1. The molecule has 0 radical (unpaired) electrons. The van der Waals surface area contributed by atoms with E-state index in [9.17, 15) is 19.2 Å². The number of carbonyl (C=O) groups excluding carboxylic acids is 4. The van der Waals surface area contributed by atoms with Crippen molar-refractivity contribution >= 4 is 89.5 Å². The summed E-state index contributed by atoms with van der Waals surface area (Å²) in [6.45, 7) is 16.1. The molecule has 0 bridgehead atoms. The normalized spacial score (nSPS) is 12.5. The Morgan fingerprint density at radius 1 is 0.595 bits per heavy atom. The molecule has 74 heavy (non-hydrogen) atoms. The second-order valence-electron chi connectivity index (χ2n) is 19.3. The lowest BCUT2D eigenvalue weighted by molar-refractivity contribution is -0.143. The van der Waals surface area contributed by atoms with Gasteiger partial charge >= 0.3 is 17.9 Å². The predicted octanol–water partition coefficient (Wildman–Crippen LogP) is 14.3. The second kappa shape index (κ2) is 21.9. The van der Waals surface area contributed by atoms with E-state index in [1.54, 1.807) is 6.92 Å². The molecule has 11 nitrogen and oxygen atoms in total. The maximum absolute atomic E-state index is 14.9. The summed E-state index contributed by atoms with van der Waals surface area (Å²) >= 11 is 0. The fourth-order valence-corrected chi connectivity index (χ4v) is 10.7. The molecule has 0 fully saturated rings. The van der Waals surface area contributed by atoms with Crippen LogP contribution in [0, 0.1) is 26.7 Å². The number of oxime groups is 2. The Bertz CT molecular complexity index is 3700. The van der Waals surface area contributed by atoms with Crippen LogP contribution in [0.5, 0.6) is 0 Å². The smallest absolute Gasteiger partial charge is 0.332 e. The van der Waals surface area contributed by atoms with Gasteiger partial charge in [0.15, 0.2) is 5.78 Å². The van der Waals surface area contributed by atoms with Gasteiger partial charge in [-0.05, 0) is 105 Å². The number of esters is 1. The molecule has 1 unspecified atom stereocenters. The highest BCUT2D eigenvalue weighted by molar-refractivity contribution is 6.27. The van der Waals surface area contributed by atoms with Gasteiger partial charge in [-0.3, -0.25) is 9.59 Å². The molecule has 0 aliphatic carbocycles. The number of para-hydroxylation sites is 1. The van der Waals surface area contributed by atoms with Crippen LogP contribution in [-0.4, -0.2) is 50.9 Å². The molecule has 7 aromatic carbocycles. The Balaban J connectivity index is 1.18. The lowest BCUT2D eigenvalue weighted by Gasteiger charge is -2.19. The number of aryl methyl sites for hydroxylation is 3. The number of carbonyl (C=O) groups is 4. The van der Waals surface area contributed by atoms with Crippen molar-refractivity contribution in [2.24, 2.45) is 16.2 Å². The third kappa shape index (κ3) is 10.1. The van der Waals surface area contributed by atoms with Crippen molar-refractivity contribution in [1.82, 2.24) is 9.13 Å². The van der Waals surface area contributed by atoms with Crippen molar-refractivity contribution in [3.05, 3.63) is 172 Å². The molecule has 0 amide bonds. The van der Waals surface area contributed by atoms with Crippen molar-refractivity contribution in [2.45, 2.75) is 100 Å². The molecule has 2 aromatic heterocycles. The van der Waals surface area contributed by atoms with Gasteiger partial charge in [-0.1, -0.05) is 128 Å². The Morgan fingerprint density at radius 3 is 1.89 bits per heavy atom. The molecule has 376 valence electrons. The minimum Gasteiger partial charge on any atom is -0.466 e. The van der Waals surface area contributed by atoms with E-state index >= 15 is 0 Å². The van der Waals surface area contributed by atoms with Crippen molar-refractivity contribution in [2.75, 3.05) is 6.61 Å². The van der Waals surface area contributed by atoms with Crippen LogP contribution in [0.2, 0.25) is 0 Å². The minimum atomic E-state index is -0.563. The highest BCUT2D eigenvalue weighted by atomic mass is 16.7. The van der Waals surface area contributed by atoms with Crippen LogP contribution in [0.3, 0.4) is 0 Å². The average Bonchev–Trinajstić information content (AvgIpc) is 3.90. The van der Waals surface area contributed by atoms with Crippen LogP contribution in [0.25, 0.3) is 60.1 Å². The predicted molar refractivity (Wildman–Crippen MR) is 297 cm³/mol. The van der Waals surface area contributed by atoms with E-state index in [4.69, 9.17) is 14.4 Å². The Kier molecular flexibility index (Phi) is 15.0. The molecular weight excluding hydrogens is 925 g/mol. The summed E-state index contributed by atoms with van der Waals surface area (Å²) in [5, 5.41) is 14.5. The van der Waals surface area contributed by atoms with Gasteiger partial charge in [0.05, 0.1) is 35.3 Å². The zero-order valence-corrected chi connectivity index (χ0v) is 43.5. The van der Waals surface area contributed by atoms with Gasteiger partial charge < -0.3 is 23.5 Å². The molecule has 9 rings (SSSR count). The number of fused-ring (bicyclic) bond motifs is 8. The summed E-state index contributed by atoms with van der Waals surface area (Å²) in [5.74, 6) is -1.03. The second-order valence-corrected chi connectivity index (χ2v) is 19.3. The number of hydrogen-bond acceptors (Lipinski definition) is 9. The number of aromatic nitrogens is 2. The van der Waals surface area contributed by atoms with E-state index in [1.807, 2.05) is 80.6 Å². The first kappa shape index (κ1) is 50.7. The van der Waals surface area contributed by atoms with Crippen molar-refractivity contribution < 1.29 is 33.6 Å². The summed E-state index contributed by atoms with van der Waals surface area (Å²) in [4.78, 5) is 62.2. The van der Waals surface area contributed by atoms with Gasteiger partial charge in [0.2, 0.25) is 0 Å². The van der Waals surface area contributed by atoms with E-state index in [1.165, 1.54) is 13.8 Å². The van der Waals surface area contributed by atoms with E-state index in [-0.39, 0.29) is 31.2 Å². The lowest BCUT2D eigenvalue weighted by atomic mass is 9.89. The fourth-order valence-electron chi connectivity index (χ4n) is 10.7. The van der Waals surface area contributed by atoms with Crippen LogP contribution in [0.4, 0.5) is 0 Å². The van der Waals surface area contributed by atoms with Gasteiger partial charge in [0.25, 0.3) is 0 Å².